The molecule has 0 aromatic heterocycles. The molecule has 0 aliphatic carbocycles. The van der Waals surface area contributed by atoms with Crippen LogP contribution in [0.15, 0.2) is 42.5 Å². The van der Waals surface area contributed by atoms with Gasteiger partial charge in [0.05, 0.1) is 11.1 Å². The molecule has 3 rings (SSSR count). The van der Waals surface area contributed by atoms with E-state index in [0.29, 0.717) is 28.9 Å². The minimum Gasteiger partial charge on any atom is -0.398 e. The largest absolute Gasteiger partial charge is 0.398 e. The highest BCUT2D eigenvalue weighted by molar-refractivity contribution is 6.21. The Morgan fingerprint density at radius 2 is 1.73 bits per heavy atom. The second kappa shape index (κ2) is 7.39. The van der Waals surface area contributed by atoms with Gasteiger partial charge in [-0.1, -0.05) is 25.1 Å². The highest BCUT2D eigenvalue weighted by atomic mass is 16.2. The number of imide groups is 1. The molecular formula is C20H21N3O3. The number of fused-ring (bicyclic) bond motifs is 1. The van der Waals surface area contributed by atoms with Crippen LogP contribution in [0.4, 0.5) is 11.4 Å². The second-order valence-corrected chi connectivity index (χ2v) is 6.23. The van der Waals surface area contributed by atoms with E-state index in [1.165, 1.54) is 4.90 Å². The van der Waals surface area contributed by atoms with Gasteiger partial charge in [0.2, 0.25) is 5.91 Å². The zero-order valence-corrected chi connectivity index (χ0v) is 14.6. The summed E-state index contributed by atoms with van der Waals surface area (Å²) in [5.41, 5.74) is 9.11. The molecule has 3 N–H and O–H groups in total. The monoisotopic (exact) mass is 351 g/mol. The van der Waals surface area contributed by atoms with E-state index in [-0.39, 0.29) is 30.7 Å². The maximum Gasteiger partial charge on any atom is 0.261 e. The molecule has 3 amide bonds. The number of nitrogens with zero attached hydrogens (tertiary/aromatic N) is 1. The van der Waals surface area contributed by atoms with Crippen LogP contribution in [0, 0.1) is 0 Å². The molecule has 0 spiro atoms. The summed E-state index contributed by atoms with van der Waals surface area (Å²) in [5, 5.41) is 2.79. The maximum absolute atomic E-state index is 12.3. The van der Waals surface area contributed by atoms with Gasteiger partial charge in [-0.3, -0.25) is 19.3 Å². The highest BCUT2D eigenvalue weighted by Crippen LogP contribution is 2.23. The summed E-state index contributed by atoms with van der Waals surface area (Å²) in [4.78, 5) is 37.8. The first-order valence-corrected chi connectivity index (χ1v) is 8.64. The summed E-state index contributed by atoms with van der Waals surface area (Å²) < 4.78 is 0. The van der Waals surface area contributed by atoms with Crippen LogP contribution in [0.3, 0.4) is 0 Å². The predicted octanol–water partition coefficient (Wildman–Crippen LogP) is 2.85. The number of nitrogens with two attached hydrogens (primary N) is 1. The SMILES string of the molecule is CCc1ccc(NC(=O)CCCN2C(=O)c3ccccc3C2=O)cc1N. The van der Waals surface area contributed by atoms with Gasteiger partial charge in [-0.15, -0.1) is 0 Å². The molecule has 0 atom stereocenters. The lowest BCUT2D eigenvalue weighted by Gasteiger charge is -2.13. The summed E-state index contributed by atoms with van der Waals surface area (Å²) in [6, 6.07) is 12.2. The summed E-state index contributed by atoms with van der Waals surface area (Å²) >= 11 is 0. The predicted molar refractivity (Wildman–Crippen MR) is 99.9 cm³/mol. The van der Waals surface area contributed by atoms with Crippen molar-refractivity contribution in [1.82, 2.24) is 4.90 Å². The molecule has 6 nitrogen and oxygen atoms in total. The number of hydrogen-bond acceptors (Lipinski definition) is 4. The van der Waals surface area contributed by atoms with Crippen LogP contribution >= 0.6 is 0 Å². The Hall–Kier alpha value is -3.15. The minimum atomic E-state index is -0.297. The minimum absolute atomic E-state index is 0.176. The maximum atomic E-state index is 12.3. The first-order valence-electron chi connectivity index (χ1n) is 8.64. The van der Waals surface area contributed by atoms with Crippen molar-refractivity contribution >= 4 is 29.1 Å². The van der Waals surface area contributed by atoms with Crippen LogP contribution in [-0.4, -0.2) is 29.2 Å². The molecule has 0 saturated carbocycles. The van der Waals surface area contributed by atoms with Gasteiger partial charge in [0.1, 0.15) is 0 Å². The van der Waals surface area contributed by atoms with Gasteiger partial charge in [0.25, 0.3) is 11.8 Å². The van der Waals surface area contributed by atoms with E-state index < -0.39 is 0 Å². The van der Waals surface area contributed by atoms with E-state index in [4.69, 9.17) is 5.73 Å². The smallest absolute Gasteiger partial charge is 0.261 e. The Labute approximate surface area is 152 Å². The molecule has 2 aromatic rings. The molecule has 0 saturated heterocycles. The van der Waals surface area contributed by atoms with Crippen LogP contribution < -0.4 is 11.1 Å². The lowest BCUT2D eigenvalue weighted by atomic mass is 10.1. The summed E-state index contributed by atoms with van der Waals surface area (Å²) in [6.45, 7) is 2.24. The number of hydrogen-bond donors (Lipinski definition) is 2. The van der Waals surface area contributed by atoms with Crippen molar-refractivity contribution in [3.05, 3.63) is 59.2 Å². The van der Waals surface area contributed by atoms with Gasteiger partial charge >= 0.3 is 0 Å². The molecule has 1 aliphatic rings. The van der Waals surface area contributed by atoms with E-state index in [9.17, 15) is 14.4 Å². The Balaban J connectivity index is 1.52. The van der Waals surface area contributed by atoms with Gasteiger partial charge in [-0.25, -0.2) is 0 Å². The van der Waals surface area contributed by atoms with Crippen molar-refractivity contribution in [2.75, 3.05) is 17.6 Å². The Morgan fingerprint density at radius 1 is 1.08 bits per heavy atom. The number of anilines is 2. The van der Waals surface area contributed by atoms with Gasteiger partial charge in [0, 0.05) is 24.3 Å². The third-order valence-electron chi connectivity index (χ3n) is 4.47. The van der Waals surface area contributed by atoms with Crippen LogP contribution in [0.5, 0.6) is 0 Å². The zero-order valence-electron chi connectivity index (χ0n) is 14.6. The Morgan fingerprint density at radius 3 is 2.31 bits per heavy atom. The van der Waals surface area contributed by atoms with Crippen molar-refractivity contribution in [3.63, 3.8) is 0 Å². The summed E-state index contributed by atoms with van der Waals surface area (Å²) in [7, 11) is 0. The lowest BCUT2D eigenvalue weighted by Crippen LogP contribution is -2.31. The summed E-state index contributed by atoms with van der Waals surface area (Å²) in [5.74, 6) is -0.770. The molecule has 26 heavy (non-hydrogen) atoms. The van der Waals surface area contributed by atoms with Crippen molar-refractivity contribution in [2.24, 2.45) is 0 Å². The topological polar surface area (TPSA) is 92.5 Å². The number of rotatable bonds is 6. The average Bonchev–Trinajstić information content (AvgIpc) is 2.87. The standard InChI is InChI=1S/C20H21N3O3/c1-2-13-9-10-14(12-17(13)21)22-18(24)8-5-11-23-19(25)15-6-3-4-7-16(15)20(23)26/h3-4,6-7,9-10,12H,2,5,8,11,21H2,1H3,(H,22,24). The number of nitrogen functional groups attached to an aromatic ring is 1. The van der Waals surface area contributed by atoms with Crippen LogP contribution in [0.1, 0.15) is 46.0 Å². The van der Waals surface area contributed by atoms with Gasteiger partial charge < -0.3 is 11.1 Å². The van der Waals surface area contributed by atoms with Crippen molar-refractivity contribution in [1.29, 1.82) is 0 Å². The first-order chi connectivity index (χ1) is 12.5. The molecule has 0 radical (unpaired) electrons. The van der Waals surface area contributed by atoms with E-state index in [2.05, 4.69) is 5.32 Å². The van der Waals surface area contributed by atoms with Crippen LogP contribution in [-0.2, 0) is 11.2 Å². The average molecular weight is 351 g/mol. The van der Waals surface area contributed by atoms with E-state index >= 15 is 0 Å². The van der Waals surface area contributed by atoms with Gasteiger partial charge in [-0.2, -0.15) is 0 Å². The Bertz CT molecular complexity index is 841. The molecule has 6 heteroatoms. The molecular weight excluding hydrogens is 330 g/mol. The van der Waals surface area contributed by atoms with Crippen molar-refractivity contribution in [2.45, 2.75) is 26.2 Å². The van der Waals surface area contributed by atoms with E-state index in [1.807, 2.05) is 19.1 Å². The highest BCUT2D eigenvalue weighted by Gasteiger charge is 2.34. The van der Waals surface area contributed by atoms with Crippen molar-refractivity contribution in [3.8, 4) is 0 Å². The fraction of sp³-hybridized carbons (Fsp3) is 0.250. The molecule has 134 valence electrons. The van der Waals surface area contributed by atoms with E-state index in [0.717, 1.165) is 12.0 Å². The third-order valence-corrected chi connectivity index (χ3v) is 4.47. The van der Waals surface area contributed by atoms with Crippen molar-refractivity contribution < 1.29 is 14.4 Å². The number of aryl methyl sites for hydroxylation is 1. The Kier molecular flexibility index (Phi) is 5.02. The zero-order chi connectivity index (χ0) is 18.7. The van der Waals surface area contributed by atoms with Gasteiger partial charge in [-0.05, 0) is 42.7 Å². The molecule has 1 heterocycles. The molecule has 1 aliphatic heterocycles. The number of carbonyl (C=O) groups excluding carboxylic acids is 3. The molecule has 0 fully saturated rings. The third kappa shape index (κ3) is 3.44. The fourth-order valence-corrected chi connectivity index (χ4v) is 3.06. The molecule has 0 bridgehead atoms. The van der Waals surface area contributed by atoms with Crippen LogP contribution in [0.25, 0.3) is 0 Å². The number of benzene rings is 2. The molecule has 2 aromatic carbocycles. The quantitative estimate of drug-likeness (QED) is 0.618. The molecule has 0 unspecified atom stereocenters. The fourth-order valence-electron chi connectivity index (χ4n) is 3.06. The van der Waals surface area contributed by atoms with Crippen LogP contribution in [0.2, 0.25) is 0 Å². The second-order valence-electron chi connectivity index (χ2n) is 6.23. The summed E-state index contributed by atoms with van der Waals surface area (Å²) in [6.07, 6.45) is 1.45. The van der Waals surface area contributed by atoms with Gasteiger partial charge in [0.15, 0.2) is 0 Å². The number of carbonyl (C=O) groups is 3. The van der Waals surface area contributed by atoms with E-state index in [1.54, 1.807) is 30.3 Å². The number of nitrogens with one attached hydrogen (secondary N) is 1. The normalized spacial score (nSPS) is 13.0. The first kappa shape index (κ1) is 17.7. The lowest BCUT2D eigenvalue weighted by molar-refractivity contribution is -0.116. The number of amides is 3.